The lowest BCUT2D eigenvalue weighted by Crippen LogP contribution is -2.28. The van der Waals surface area contributed by atoms with E-state index in [4.69, 9.17) is 9.47 Å². The van der Waals surface area contributed by atoms with E-state index in [0.29, 0.717) is 6.04 Å². The molecule has 1 atom stereocenters. The highest BCUT2D eigenvalue weighted by Crippen LogP contribution is 2.31. The first-order valence-corrected chi connectivity index (χ1v) is 7.40. The van der Waals surface area contributed by atoms with E-state index in [1.54, 1.807) is 25.6 Å². The lowest BCUT2D eigenvalue weighted by molar-refractivity contribution is 0.391. The molecule has 4 nitrogen and oxygen atoms in total. The van der Waals surface area contributed by atoms with Crippen molar-refractivity contribution < 1.29 is 9.47 Å². The standard InChI is InChI=1S/C15H20N2O2S/c1-10(2)17-14(15-16-5-6-20-15)11-7-12(18-3)9-13(8-11)19-4/h5-10,14,17H,1-4H3. The second-order valence-corrected chi connectivity index (χ2v) is 5.70. The van der Waals surface area contributed by atoms with Crippen LogP contribution < -0.4 is 14.8 Å². The van der Waals surface area contributed by atoms with E-state index in [1.807, 2.05) is 29.8 Å². The van der Waals surface area contributed by atoms with Crippen LogP contribution in [-0.4, -0.2) is 25.2 Å². The summed E-state index contributed by atoms with van der Waals surface area (Å²) in [5.74, 6) is 1.57. The number of aromatic nitrogens is 1. The van der Waals surface area contributed by atoms with E-state index >= 15 is 0 Å². The third kappa shape index (κ3) is 3.49. The molecule has 2 rings (SSSR count). The molecule has 20 heavy (non-hydrogen) atoms. The van der Waals surface area contributed by atoms with Crippen molar-refractivity contribution in [3.05, 3.63) is 40.3 Å². The summed E-state index contributed by atoms with van der Waals surface area (Å²) in [5.41, 5.74) is 1.09. The molecule has 108 valence electrons. The highest BCUT2D eigenvalue weighted by atomic mass is 32.1. The lowest BCUT2D eigenvalue weighted by atomic mass is 10.1. The minimum absolute atomic E-state index is 0.0407. The Morgan fingerprint density at radius 1 is 1.10 bits per heavy atom. The van der Waals surface area contributed by atoms with Crippen LogP contribution in [0.2, 0.25) is 0 Å². The maximum atomic E-state index is 5.35. The molecule has 0 saturated heterocycles. The SMILES string of the molecule is COc1cc(OC)cc(C(NC(C)C)c2nccs2)c1. The monoisotopic (exact) mass is 292 g/mol. The zero-order valence-corrected chi connectivity index (χ0v) is 13.0. The van der Waals surface area contributed by atoms with Crippen molar-refractivity contribution in [2.45, 2.75) is 25.9 Å². The number of methoxy groups -OCH3 is 2. The Morgan fingerprint density at radius 3 is 2.20 bits per heavy atom. The number of rotatable bonds is 6. The van der Waals surface area contributed by atoms with Gasteiger partial charge < -0.3 is 14.8 Å². The van der Waals surface area contributed by atoms with Gasteiger partial charge in [-0.1, -0.05) is 0 Å². The van der Waals surface area contributed by atoms with Crippen LogP contribution in [0.1, 0.15) is 30.5 Å². The molecule has 0 bridgehead atoms. The number of ether oxygens (including phenoxy) is 2. The van der Waals surface area contributed by atoms with Gasteiger partial charge in [-0.05, 0) is 31.5 Å². The highest BCUT2D eigenvalue weighted by Gasteiger charge is 2.19. The first-order chi connectivity index (χ1) is 9.63. The second kappa shape index (κ2) is 6.72. The molecule has 1 unspecified atom stereocenters. The summed E-state index contributed by atoms with van der Waals surface area (Å²) in [7, 11) is 3.32. The van der Waals surface area contributed by atoms with E-state index in [-0.39, 0.29) is 6.04 Å². The second-order valence-electron chi connectivity index (χ2n) is 4.77. The van der Waals surface area contributed by atoms with E-state index in [2.05, 4.69) is 24.1 Å². The van der Waals surface area contributed by atoms with Gasteiger partial charge >= 0.3 is 0 Å². The van der Waals surface area contributed by atoms with Gasteiger partial charge in [-0.15, -0.1) is 11.3 Å². The molecule has 0 saturated carbocycles. The van der Waals surface area contributed by atoms with Gasteiger partial charge in [0.25, 0.3) is 0 Å². The van der Waals surface area contributed by atoms with Gasteiger partial charge in [0, 0.05) is 23.7 Å². The minimum atomic E-state index is 0.0407. The van der Waals surface area contributed by atoms with Crippen LogP contribution in [0.5, 0.6) is 11.5 Å². The van der Waals surface area contributed by atoms with Gasteiger partial charge in [0.15, 0.2) is 0 Å². The van der Waals surface area contributed by atoms with Gasteiger partial charge in [0.1, 0.15) is 16.5 Å². The van der Waals surface area contributed by atoms with Crippen molar-refractivity contribution >= 4 is 11.3 Å². The van der Waals surface area contributed by atoms with Crippen molar-refractivity contribution in [1.29, 1.82) is 0 Å². The van der Waals surface area contributed by atoms with Crippen molar-refractivity contribution in [1.82, 2.24) is 10.3 Å². The topological polar surface area (TPSA) is 43.4 Å². The minimum Gasteiger partial charge on any atom is -0.497 e. The van der Waals surface area contributed by atoms with Crippen LogP contribution in [0.15, 0.2) is 29.8 Å². The van der Waals surface area contributed by atoms with Crippen molar-refractivity contribution in [3.8, 4) is 11.5 Å². The van der Waals surface area contributed by atoms with Gasteiger partial charge in [-0.3, -0.25) is 0 Å². The van der Waals surface area contributed by atoms with Crippen LogP contribution >= 0.6 is 11.3 Å². The number of nitrogens with one attached hydrogen (secondary N) is 1. The molecule has 0 amide bonds. The van der Waals surface area contributed by atoms with E-state index in [0.717, 1.165) is 22.1 Å². The Morgan fingerprint density at radius 2 is 1.75 bits per heavy atom. The van der Waals surface area contributed by atoms with E-state index in [1.165, 1.54) is 0 Å². The molecule has 0 spiro atoms. The predicted octanol–water partition coefficient (Wildman–Crippen LogP) is 3.25. The Balaban J connectivity index is 2.42. The van der Waals surface area contributed by atoms with E-state index < -0.39 is 0 Å². The number of benzene rings is 1. The summed E-state index contributed by atoms with van der Waals surface area (Å²) >= 11 is 1.64. The summed E-state index contributed by atoms with van der Waals surface area (Å²) in [5, 5.41) is 6.56. The molecule has 5 heteroatoms. The quantitative estimate of drug-likeness (QED) is 0.887. The zero-order chi connectivity index (χ0) is 14.5. The first-order valence-electron chi connectivity index (χ1n) is 6.52. The van der Waals surface area contributed by atoms with Gasteiger partial charge in [0.2, 0.25) is 0 Å². The Bertz CT molecular complexity index is 519. The van der Waals surface area contributed by atoms with Crippen LogP contribution in [0, 0.1) is 0 Å². The highest BCUT2D eigenvalue weighted by molar-refractivity contribution is 7.09. The van der Waals surface area contributed by atoms with Crippen LogP contribution in [0.4, 0.5) is 0 Å². The number of thiazole rings is 1. The Labute approximate surface area is 123 Å². The normalized spacial score (nSPS) is 12.4. The lowest BCUT2D eigenvalue weighted by Gasteiger charge is -2.21. The first kappa shape index (κ1) is 14.8. The van der Waals surface area contributed by atoms with E-state index in [9.17, 15) is 0 Å². The predicted molar refractivity (Wildman–Crippen MR) is 81.8 cm³/mol. The fraction of sp³-hybridized carbons (Fsp3) is 0.400. The maximum Gasteiger partial charge on any atom is 0.122 e. The average molecular weight is 292 g/mol. The molecule has 0 aliphatic rings. The molecular weight excluding hydrogens is 272 g/mol. The summed E-state index contributed by atoms with van der Waals surface area (Å²) in [6.07, 6.45) is 1.83. The van der Waals surface area contributed by atoms with Gasteiger partial charge in [-0.25, -0.2) is 4.98 Å². The van der Waals surface area contributed by atoms with Gasteiger partial charge in [0.05, 0.1) is 20.3 Å². The largest absolute Gasteiger partial charge is 0.497 e. The fourth-order valence-corrected chi connectivity index (χ4v) is 2.74. The third-order valence-corrected chi connectivity index (χ3v) is 3.75. The number of hydrogen-bond donors (Lipinski definition) is 1. The molecule has 1 aromatic heterocycles. The Hall–Kier alpha value is -1.59. The molecule has 0 fully saturated rings. The van der Waals surface area contributed by atoms with Crippen LogP contribution in [0.25, 0.3) is 0 Å². The molecule has 2 aromatic rings. The summed E-state index contributed by atoms with van der Waals surface area (Å²) < 4.78 is 10.7. The molecule has 1 heterocycles. The molecular formula is C15H20N2O2S. The van der Waals surface area contributed by atoms with Gasteiger partial charge in [-0.2, -0.15) is 0 Å². The molecule has 0 radical (unpaired) electrons. The summed E-state index contributed by atoms with van der Waals surface area (Å²) in [4.78, 5) is 4.43. The molecule has 0 aliphatic heterocycles. The fourth-order valence-electron chi connectivity index (χ4n) is 2.02. The molecule has 1 N–H and O–H groups in total. The molecule has 1 aromatic carbocycles. The van der Waals surface area contributed by atoms with Crippen LogP contribution in [-0.2, 0) is 0 Å². The average Bonchev–Trinajstić information content (AvgIpc) is 2.97. The van der Waals surface area contributed by atoms with Crippen LogP contribution in [0.3, 0.4) is 0 Å². The summed E-state index contributed by atoms with van der Waals surface area (Å²) in [6, 6.07) is 6.30. The zero-order valence-electron chi connectivity index (χ0n) is 12.2. The number of hydrogen-bond acceptors (Lipinski definition) is 5. The smallest absolute Gasteiger partial charge is 0.122 e. The van der Waals surface area contributed by atoms with Crippen molar-refractivity contribution in [2.75, 3.05) is 14.2 Å². The Kier molecular flexibility index (Phi) is 4.98. The van der Waals surface area contributed by atoms with Crippen molar-refractivity contribution in [2.24, 2.45) is 0 Å². The summed E-state index contributed by atoms with van der Waals surface area (Å²) in [6.45, 7) is 4.25. The van der Waals surface area contributed by atoms with Crippen molar-refractivity contribution in [3.63, 3.8) is 0 Å². The third-order valence-electron chi connectivity index (χ3n) is 2.91. The maximum absolute atomic E-state index is 5.35. The molecule has 0 aliphatic carbocycles. The number of nitrogens with zero attached hydrogens (tertiary/aromatic N) is 1.